The van der Waals surface area contributed by atoms with Crippen molar-refractivity contribution in [3.8, 4) is 0 Å². The number of nitrogens with zero attached hydrogens (tertiary/aromatic N) is 1. The predicted molar refractivity (Wildman–Crippen MR) is 60.4 cm³/mol. The molecule has 0 radical (unpaired) electrons. The van der Waals surface area contributed by atoms with Gasteiger partial charge in [-0.05, 0) is 17.5 Å². The fourth-order valence-corrected chi connectivity index (χ4v) is 2.31. The summed E-state index contributed by atoms with van der Waals surface area (Å²) in [6.07, 6.45) is 0.824. The summed E-state index contributed by atoms with van der Waals surface area (Å²) < 4.78 is 0. The molecule has 0 saturated heterocycles. The molecule has 1 aliphatic heterocycles. The lowest BCUT2D eigenvalue weighted by Gasteiger charge is -2.23. The molecule has 0 spiro atoms. The normalized spacial score (nSPS) is 20.5. The molecule has 3 N–H and O–H groups in total. The summed E-state index contributed by atoms with van der Waals surface area (Å²) >= 11 is 0. The van der Waals surface area contributed by atoms with Gasteiger partial charge in [0, 0.05) is 32.3 Å². The Morgan fingerprint density at radius 1 is 1.40 bits per heavy atom. The molecule has 2 rings (SSSR count). The van der Waals surface area contributed by atoms with Gasteiger partial charge >= 0.3 is 0 Å². The fourth-order valence-electron chi connectivity index (χ4n) is 2.31. The molecular weight excluding hydrogens is 188 g/mol. The second kappa shape index (κ2) is 4.75. The smallest absolute Gasteiger partial charge is 0.0477 e. The maximum Gasteiger partial charge on any atom is 0.0477 e. The molecule has 1 aromatic rings. The molecule has 0 fully saturated rings. The van der Waals surface area contributed by atoms with Crippen molar-refractivity contribution in [1.82, 2.24) is 4.90 Å². The van der Waals surface area contributed by atoms with Crippen LogP contribution < -0.4 is 5.73 Å². The number of aliphatic hydroxyl groups is 1. The van der Waals surface area contributed by atoms with Gasteiger partial charge in [0.1, 0.15) is 0 Å². The zero-order valence-corrected chi connectivity index (χ0v) is 8.89. The number of hydrogen-bond acceptors (Lipinski definition) is 3. The van der Waals surface area contributed by atoms with E-state index in [4.69, 9.17) is 10.8 Å². The number of nitrogens with two attached hydrogens (primary N) is 1. The van der Waals surface area contributed by atoms with E-state index < -0.39 is 0 Å². The summed E-state index contributed by atoms with van der Waals surface area (Å²) in [7, 11) is 0. The van der Waals surface area contributed by atoms with E-state index in [0.29, 0.717) is 12.6 Å². The highest BCUT2D eigenvalue weighted by atomic mass is 16.3. The SMILES string of the molecule is NCC1c2ccccc2CN1CCCO. The summed E-state index contributed by atoms with van der Waals surface area (Å²) in [5.41, 5.74) is 8.55. The van der Waals surface area contributed by atoms with Crippen LogP contribution in [-0.4, -0.2) is 29.7 Å². The Kier molecular flexibility index (Phi) is 3.36. The van der Waals surface area contributed by atoms with Crippen LogP contribution in [-0.2, 0) is 6.54 Å². The quantitative estimate of drug-likeness (QED) is 0.769. The minimum Gasteiger partial charge on any atom is -0.396 e. The van der Waals surface area contributed by atoms with Gasteiger partial charge in [-0.2, -0.15) is 0 Å². The van der Waals surface area contributed by atoms with Crippen LogP contribution >= 0.6 is 0 Å². The highest BCUT2D eigenvalue weighted by molar-refractivity contribution is 5.34. The first-order valence-corrected chi connectivity index (χ1v) is 5.49. The lowest BCUT2D eigenvalue weighted by Crippen LogP contribution is -2.29. The van der Waals surface area contributed by atoms with E-state index in [2.05, 4.69) is 29.2 Å². The lowest BCUT2D eigenvalue weighted by atomic mass is 10.1. The summed E-state index contributed by atoms with van der Waals surface area (Å²) in [6.45, 7) is 2.80. The molecular formula is C12H18N2O. The number of benzene rings is 1. The van der Waals surface area contributed by atoms with Gasteiger partial charge in [0.05, 0.1) is 0 Å². The molecule has 0 bridgehead atoms. The third-order valence-electron chi connectivity index (χ3n) is 3.06. The van der Waals surface area contributed by atoms with Crippen molar-refractivity contribution in [2.24, 2.45) is 5.73 Å². The first kappa shape index (κ1) is 10.6. The molecule has 1 heterocycles. The van der Waals surface area contributed by atoms with Gasteiger partial charge < -0.3 is 10.8 Å². The Balaban J connectivity index is 2.13. The average molecular weight is 206 g/mol. The van der Waals surface area contributed by atoms with Crippen LogP contribution in [0.1, 0.15) is 23.6 Å². The van der Waals surface area contributed by atoms with Gasteiger partial charge in [-0.3, -0.25) is 4.90 Å². The minimum absolute atomic E-state index is 0.254. The molecule has 1 aliphatic rings. The van der Waals surface area contributed by atoms with E-state index in [1.807, 2.05) is 0 Å². The standard InChI is InChI=1S/C12H18N2O/c13-8-12-11-5-2-1-4-10(11)9-14(12)6-3-7-15/h1-2,4-5,12,15H,3,6-9,13H2. The Bertz CT molecular complexity index is 327. The Morgan fingerprint density at radius 3 is 2.93 bits per heavy atom. The van der Waals surface area contributed by atoms with E-state index in [1.165, 1.54) is 11.1 Å². The van der Waals surface area contributed by atoms with Crippen molar-refractivity contribution in [3.05, 3.63) is 35.4 Å². The van der Waals surface area contributed by atoms with Gasteiger partial charge in [0.2, 0.25) is 0 Å². The number of aliphatic hydroxyl groups excluding tert-OH is 1. The predicted octanol–water partition coefficient (Wildman–Crippen LogP) is 0.884. The monoisotopic (exact) mass is 206 g/mol. The van der Waals surface area contributed by atoms with Crippen LogP contribution in [0.2, 0.25) is 0 Å². The van der Waals surface area contributed by atoms with Gasteiger partial charge in [0.25, 0.3) is 0 Å². The third-order valence-corrected chi connectivity index (χ3v) is 3.06. The second-order valence-electron chi connectivity index (χ2n) is 4.00. The number of fused-ring (bicyclic) bond motifs is 1. The molecule has 15 heavy (non-hydrogen) atoms. The molecule has 3 heteroatoms. The molecule has 3 nitrogen and oxygen atoms in total. The fraction of sp³-hybridized carbons (Fsp3) is 0.500. The summed E-state index contributed by atoms with van der Waals surface area (Å²) in [5, 5.41) is 8.84. The largest absolute Gasteiger partial charge is 0.396 e. The Labute approximate surface area is 90.5 Å². The van der Waals surface area contributed by atoms with E-state index in [1.54, 1.807) is 0 Å². The summed E-state index contributed by atoms with van der Waals surface area (Å²) in [6, 6.07) is 8.80. The Hall–Kier alpha value is -0.900. The summed E-state index contributed by atoms with van der Waals surface area (Å²) in [4.78, 5) is 2.35. The maximum atomic E-state index is 8.84. The van der Waals surface area contributed by atoms with Gasteiger partial charge in [-0.1, -0.05) is 24.3 Å². The molecule has 82 valence electrons. The van der Waals surface area contributed by atoms with Crippen LogP contribution in [0.4, 0.5) is 0 Å². The molecule has 0 aliphatic carbocycles. The van der Waals surface area contributed by atoms with Crippen LogP contribution in [0.3, 0.4) is 0 Å². The third kappa shape index (κ3) is 2.04. The molecule has 0 saturated carbocycles. The van der Waals surface area contributed by atoms with E-state index in [-0.39, 0.29) is 6.61 Å². The highest BCUT2D eigenvalue weighted by Gasteiger charge is 2.27. The van der Waals surface area contributed by atoms with Gasteiger partial charge in [0.15, 0.2) is 0 Å². The highest BCUT2D eigenvalue weighted by Crippen LogP contribution is 2.32. The first-order valence-electron chi connectivity index (χ1n) is 5.49. The van der Waals surface area contributed by atoms with Gasteiger partial charge in [-0.15, -0.1) is 0 Å². The van der Waals surface area contributed by atoms with Crippen molar-refractivity contribution < 1.29 is 5.11 Å². The van der Waals surface area contributed by atoms with Crippen LogP contribution in [0, 0.1) is 0 Å². The van der Waals surface area contributed by atoms with E-state index in [0.717, 1.165) is 19.5 Å². The maximum absolute atomic E-state index is 8.84. The van der Waals surface area contributed by atoms with Crippen LogP contribution in [0.5, 0.6) is 0 Å². The van der Waals surface area contributed by atoms with Crippen molar-refractivity contribution in [3.63, 3.8) is 0 Å². The lowest BCUT2D eigenvalue weighted by molar-refractivity contribution is 0.190. The van der Waals surface area contributed by atoms with Crippen molar-refractivity contribution in [1.29, 1.82) is 0 Å². The van der Waals surface area contributed by atoms with Crippen molar-refractivity contribution in [2.75, 3.05) is 19.7 Å². The van der Waals surface area contributed by atoms with E-state index in [9.17, 15) is 0 Å². The zero-order valence-electron chi connectivity index (χ0n) is 8.89. The number of rotatable bonds is 4. The topological polar surface area (TPSA) is 49.5 Å². The van der Waals surface area contributed by atoms with Crippen molar-refractivity contribution in [2.45, 2.75) is 19.0 Å². The van der Waals surface area contributed by atoms with Crippen LogP contribution in [0.15, 0.2) is 24.3 Å². The molecule has 1 atom stereocenters. The first-order chi connectivity index (χ1) is 7.36. The Morgan fingerprint density at radius 2 is 2.20 bits per heavy atom. The molecule has 0 aromatic heterocycles. The van der Waals surface area contributed by atoms with E-state index >= 15 is 0 Å². The average Bonchev–Trinajstić information content (AvgIpc) is 2.63. The van der Waals surface area contributed by atoms with Crippen molar-refractivity contribution >= 4 is 0 Å². The molecule has 1 aromatic carbocycles. The van der Waals surface area contributed by atoms with Crippen LogP contribution in [0.25, 0.3) is 0 Å². The second-order valence-corrected chi connectivity index (χ2v) is 4.00. The van der Waals surface area contributed by atoms with Gasteiger partial charge in [-0.25, -0.2) is 0 Å². The molecule has 1 unspecified atom stereocenters. The zero-order chi connectivity index (χ0) is 10.7. The summed E-state index contributed by atoms with van der Waals surface area (Å²) in [5.74, 6) is 0. The molecule has 0 amide bonds. The minimum atomic E-state index is 0.254. The number of hydrogen-bond donors (Lipinski definition) is 2.